The number of hydrogen-bond donors (Lipinski definition) is 0. The first-order chi connectivity index (χ1) is 7.40. The molecule has 0 heterocycles. The average Bonchev–Trinajstić information content (AvgIpc) is 2.25. The lowest BCUT2D eigenvalue weighted by Crippen LogP contribution is -2.11. The van der Waals surface area contributed by atoms with Gasteiger partial charge in [0.25, 0.3) is 0 Å². The molecule has 0 saturated heterocycles. The van der Waals surface area contributed by atoms with Gasteiger partial charge >= 0.3 is 0 Å². The molecule has 2 heteroatoms. The van der Waals surface area contributed by atoms with Gasteiger partial charge in [-0.15, -0.1) is 0 Å². The fourth-order valence-corrected chi connectivity index (χ4v) is 1.47. The van der Waals surface area contributed by atoms with Gasteiger partial charge in [0.15, 0.2) is 0 Å². The van der Waals surface area contributed by atoms with E-state index in [4.69, 9.17) is 10.00 Å². The Labute approximate surface area is 97.2 Å². The van der Waals surface area contributed by atoms with Gasteiger partial charge in [0.1, 0.15) is 5.75 Å². The Kier molecular flexibility index (Phi) is 3.39. The summed E-state index contributed by atoms with van der Waals surface area (Å²) in [5, 5.41) is 8.90. The van der Waals surface area contributed by atoms with Crippen LogP contribution in [0.15, 0.2) is 24.8 Å². The molecule has 0 N–H and O–H groups in total. The van der Waals surface area contributed by atoms with Crippen molar-refractivity contribution in [3.63, 3.8) is 0 Å². The van der Waals surface area contributed by atoms with Gasteiger partial charge < -0.3 is 4.74 Å². The Balaban J connectivity index is 3.34. The number of allylic oxidation sites excluding steroid dienone is 1. The van der Waals surface area contributed by atoms with Crippen molar-refractivity contribution in [3.05, 3.63) is 35.9 Å². The highest BCUT2D eigenvalue weighted by atomic mass is 16.5. The van der Waals surface area contributed by atoms with E-state index in [1.165, 1.54) is 5.56 Å². The number of hydrogen-bond acceptors (Lipinski definition) is 2. The van der Waals surface area contributed by atoms with Gasteiger partial charge in [-0.3, -0.25) is 0 Å². The lowest BCUT2D eigenvalue weighted by atomic mass is 9.85. The number of ether oxygens (including phenoxy) is 1. The Morgan fingerprint density at radius 3 is 2.44 bits per heavy atom. The molecule has 1 rings (SSSR count). The molecule has 0 bridgehead atoms. The predicted octanol–water partition coefficient (Wildman–Crippen LogP) is 3.53. The van der Waals surface area contributed by atoms with Crippen LogP contribution in [0.25, 0.3) is 5.57 Å². The van der Waals surface area contributed by atoms with E-state index in [9.17, 15) is 0 Å². The molecule has 0 spiro atoms. The maximum atomic E-state index is 8.90. The summed E-state index contributed by atoms with van der Waals surface area (Å²) in [4.78, 5) is 0. The number of nitrogens with zero attached hydrogens (tertiary/aromatic N) is 1. The van der Waals surface area contributed by atoms with Crippen molar-refractivity contribution < 1.29 is 4.74 Å². The van der Waals surface area contributed by atoms with E-state index in [1.807, 2.05) is 18.2 Å². The maximum absolute atomic E-state index is 8.90. The minimum Gasteiger partial charge on any atom is -0.496 e. The van der Waals surface area contributed by atoms with Crippen molar-refractivity contribution in [3.8, 4) is 11.8 Å². The quantitative estimate of drug-likeness (QED) is 0.707. The molecule has 0 radical (unpaired) electrons. The molecule has 0 aliphatic carbocycles. The predicted molar refractivity (Wildman–Crippen MR) is 66.3 cm³/mol. The summed E-state index contributed by atoms with van der Waals surface area (Å²) in [7, 11) is 1.60. The Bertz CT molecular complexity index is 447. The van der Waals surface area contributed by atoms with E-state index in [1.54, 1.807) is 7.11 Å². The minimum atomic E-state index is 0.0523. The second-order valence-electron chi connectivity index (χ2n) is 4.76. The zero-order valence-corrected chi connectivity index (χ0v) is 10.3. The van der Waals surface area contributed by atoms with Crippen molar-refractivity contribution in [2.75, 3.05) is 7.11 Å². The standard InChI is InChI=1S/C14H17NO/c1-10(9-15)12-8-11(14(2,3)4)6-7-13(12)16-5/h6-8H,1H2,2-5H3. The van der Waals surface area contributed by atoms with Crippen LogP contribution < -0.4 is 4.74 Å². The molecule has 0 saturated carbocycles. The average molecular weight is 215 g/mol. The van der Waals surface area contributed by atoms with Crippen LogP contribution in [0.2, 0.25) is 0 Å². The highest BCUT2D eigenvalue weighted by molar-refractivity contribution is 5.78. The molecule has 2 nitrogen and oxygen atoms in total. The minimum absolute atomic E-state index is 0.0523. The van der Waals surface area contributed by atoms with E-state index in [-0.39, 0.29) is 5.41 Å². The highest BCUT2D eigenvalue weighted by Crippen LogP contribution is 2.31. The summed E-state index contributed by atoms with van der Waals surface area (Å²) in [6.45, 7) is 10.1. The van der Waals surface area contributed by atoms with E-state index in [0.29, 0.717) is 11.3 Å². The van der Waals surface area contributed by atoms with Gasteiger partial charge in [0.05, 0.1) is 18.8 Å². The first-order valence-electron chi connectivity index (χ1n) is 5.18. The number of nitriles is 1. The lowest BCUT2D eigenvalue weighted by molar-refractivity contribution is 0.413. The topological polar surface area (TPSA) is 33.0 Å². The third-order valence-electron chi connectivity index (χ3n) is 2.53. The van der Waals surface area contributed by atoms with Crippen LogP contribution in [-0.4, -0.2) is 7.11 Å². The van der Waals surface area contributed by atoms with Crippen molar-refractivity contribution in [2.24, 2.45) is 0 Å². The van der Waals surface area contributed by atoms with Gasteiger partial charge in [0.2, 0.25) is 0 Å². The van der Waals surface area contributed by atoms with E-state index >= 15 is 0 Å². The second kappa shape index (κ2) is 4.40. The molecule has 0 aliphatic heterocycles. The number of methoxy groups -OCH3 is 1. The molecule has 1 aromatic rings. The molecule has 84 valence electrons. The van der Waals surface area contributed by atoms with Crippen molar-refractivity contribution in [1.29, 1.82) is 5.26 Å². The molecule has 0 fully saturated rings. The SMILES string of the molecule is C=C(C#N)c1cc(C(C)(C)C)ccc1OC. The van der Waals surface area contributed by atoms with Crippen LogP contribution >= 0.6 is 0 Å². The molecular weight excluding hydrogens is 198 g/mol. The molecule has 16 heavy (non-hydrogen) atoms. The summed E-state index contributed by atoms with van der Waals surface area (Å²) in [5.74, 6) is 0.694. The highest BCUT2D eigenvalue weighted by Gasteiger charge is 2.16. The van der Waals surface area contributed by atoms with Gasteiger partial charge in [-0.25, -0.2) is 0 Å². The number of benzene rings is 1. The largest absolute Gasteiger partial charge is 0.496 e. The number of rotatable bonds is 2. The molecule has 0 atom stereocenters. The second-order valence-corrected chi connectivity index (χ2v) is 4.76. The zero-order chi connectivity index (χ0) is 12.3. The molecule has 0 amide bonds. The van der Waals surface area contributed by atoms with Gasteiger partial charge in [-0.05, 0) is 23.1 Å². The maximum Gasteiger partial charge on any atom is 0.127 e. The summed E-state index contributed by atoms with van der Waals surface area (Å²) in [6.07, 6.45) is 0. The van der Waals surface area contributed by atoms with Gasteiger partial charge in [-0.2, -0.15) is 5.26 Å². The van der Waals surface area contributed by atoms with E-state index in [0.717, 1.165) is 5.56 Å². The fourth-order valence-electron chi connectivity index (χ4n) is 1.47. The fraction of sp³-hybridized carbons (Fsp3) is 0.357. The van der Waals surface area contributed by atoms with Crippen LogP contribution in [-0.2, 0) is 5.41 Å². The van der Waals surface area contributed by atoms with E-state index in [2.05, 4.69) is 33.4 Å². The monoisotopic (exact) mass is 215 g/mol. The van der Waals surface area contributed by atoms with Crippen molar-refractivity contribution in [1.82, 2.24) is 0 Å². The molecular formula is C14H17NO. The van der Waals surface area contributed by atoms with Crippen LogP contribution in [0.4, 0.5) is 0 Å². The van der Waals surface area contributed by atoms with Crippen molar-refractivity contribution >= 4 is 5.57 Å². The van der Waals surface area contributed by atoms with Gasteiger partial charge in [0, 0.05) is 5.56 Å². The third-order valence-corrected chi connectivity index (χ3v) is 2.53. The molecule has 0 unspecified atom stereocenters. The molecule has 0 aromatic heterocycles. The van der Waals surface area contributed by atoms with E-state index < -0.39 is 0 Å². The van der Waals surface area contributed by atoms with Crippen LogP contribution in [0.5, 0.6) is 5.75 Å². The Morgan fingerprint density at radius 2 is 2.00 bits per heavy atom. The Hall–Kier alpha value is -1.75. The normalized spacial score (nSPS) is 10.7. The molecule has 1 aromatic carbocycles. The Morgan fingerprint density at radius 1 is 1.38 bits per heavy atom. The van der Waals surface area contributed by atoms with Crippen LogP contribution in [0.3, 0.4) is 0 Å². The summed E-state index contributed by atoms with van der Waals surface area (Å²) < 4.78 is 5.22. The lowest BCUT2D eigenvalue weighted by Gasteiger charge is -2.20. The third kappa shape index (κ3) is 2.43. The smallest absolute Gasteiger partial charge is 0.127 e. The summed E-state index contributed by atoms with van der Waals surface area (Å²) >= 11 is 0. The van der Waals surface area contributed by atoms with Gasteiger partial charge in [-0.1, -0.05) is 33.4 Å². The summed E-state index contributed by atoms with van der Waals surface area (Å²) in [5.41, 5.74) is 2.43. The van der Waals surface area contributed by atoms with Crippen LogP contribution in [0, 0.1) is 11.3 Å². The molecule has 0 aliphatic rings. The summed E-state index contributed by atoms with van der Waals surface area (Å²) in [6, 6.07) is 7.94. The van der Waals surface area contributed by atoms with Crippen molar-refractivity contribution in [2.45, 2.75) is 26.2 Å². The first-order valence-corrected chi connectivity index (χ1v) is 5.18. The zero-order valence-electron chi connectivity index (χ0n) is 10.3. The first kappa shape index (κ1) is 12.3. The van der Waals surface area contributed by atoms with Crippen LogP contribution in [0.1, 0.15) is 31.9 Å².